The molecule has 1 aromatic heterocycles. The van der Waals surface area contributed by atoms with Crippen molar-refractivity contribution in [2.24, 2.45) is 5.92 Å². The standard InChI is InChI=1S/C20H19Cl2N3O4/c21-15-6-5-12(9-16(15)22)18-13(10-23-7-8-27-18)11-28-17-4-2-1-3-14(17)19-24-20(26)29-25-19/h1-6,9,13,18,23H,7-8,10-11H2,(H,24,25,26)/t13-,18-/m0/s1. The molecule has 1 aliphatic rings. The normalized spacial score (nSPS) is 19.7. The van der Waals surface area contributed by atoms with Crippen molar-refractivity contribution in [1.82, 2.24) is 15.5 Å². The summed E-state index contributed by atoms with van der Waals surface area (Å²) in [5.74, 6) is 0.325. The summed E-state index contributed by atoms with van der Waals surface area (Å²) < 4.78 is 16.8. The number of para-hydroxylation sites is 1. The largest absolute Gasteiger partial charge is 0.492 e. The molecule has 1 fully saturated rings. The molecule has 152 valence electrons. The number of aromatic nitrogens is 2. The van der Waals surface area contributed by atoms with E-state index in [1.54, 1.807) is 12.1 Å². The summed E-state index contributed by atoms with van der Waals surface area (Å²) in [6, 6.07) is 12.9. The zero-order valence-electron chi connectivity index (χ0n) is 15.4. The summed E-state index contributed by atoms with van der Waals surface area (Å²) in [5.41, 5.74) is 1.60. The molecule has 0 saturated carbocycles. The lowest BCUT2D eigenvalue weighted by Crippen LogP contribution is -2.29. The van der Waals surface area contributed by atoms with Crippen molar-refractivity contribution in [3.63, 3.8) is 0 Å². The second-order valence-corrected chi connectivity index (χ2v) is 7.49. The Morgan fingerprint density at radius 3 is 2.83 bits per heavy atom. The van der Waals surface area contributed by atoms with Crippen LogP contribution in [0.3, 0.4) is 0 Å². The third-order valence-corrected chi connectivity index (χ3v) is 5.46. The van der Waals surface area contributed by atoms with Gasteiger partial charge >= 0.3 is 5.76 Å². The average molecular weight is 436 g/mol. The molecule has 0 amide bonds. The number of H-pyrrole nitrogens is 1. The molecule has 1 saturated heterocycles. The van der Waals surface area contributed by atoms with Crippen LogP contribution in [0.4, 0.5) is 0 Å². The summed E-state index contributed by atoms with van der Waals surface area (Å²) >= 11 is 12.3. The predicted molar refractivity (Wildman–Crippen MR) is 110 cm³/mol. The zero-order valence-corrected chi connectivity index (χ0v) is 16.9. The van der Waals surface area contributed by atoms with Crippen molar-refractivity contribution in [3.05, 3.63) is 68.6 Å². The molecule has 1 aliphatic heterocycles. The molecule has 2 aromatic carbocycles. The van der Waals surface area contributed by atoms with Crippen LogP contribution in [0.25, 0.3) is 11.4 Å². The van der Waals surface area contributed by atoms with Crippen LogP contribution in [-0.4, -0.2) is 36.4 Å². The van der Waals surface area contributed by atoms with Gasteiger partial charge in [-0.3, -0.25) is 9.51 Å². The molecule has 4 rings (SSSR count). The molecule has 0 spiro atoms. The predicted octanol–water partition coefficient (Wildman–Crippen LogP) is 3.69. The summed E-state index contributed by atoms with van der Waals surface area (Å²) in [6.07, 6.45) is -0.196. The van der Waals surface area contributed by atoms with Crippen molar-refractivity contribution in [2.45, 2.75) is 6.10 Å². The van der Waals surface area contributed by atoms with E-state index in [-0.39, 0.29) is 12.0 Å². The van der Waals surface area contributed by atoms with E-state index in [0.717, 1.165) is 12.1 Å². The summed E-state index contributed by atoms with van der Waals surface area (Å²) in [6.45, 7) is 2.44. The first kappa shape index (κ1) is 20.0. The van der Waals surface area contributed by atoms with E-state index < -0.39 is 5.76 Å². The number of hydrogen-bond acceptors (Lipinski definition) is 6. The number of nitrogens with one attached hydrogen (secondary N) is 2. The van der Waals surface area contributed by atoms with Gasteiger partial charge in [0, 0.05) is 19.0 Å². The highest BCUT2D eigenvalue weighted by atomic mass is 35.5. The third-order valence-electron chi connectivity index (χ3n) is 4.72. The number of rotatable bonds is 5. The van der Waals surface area contributed by atoms with Crippen LogP contribution in [-0.2, 0) is 4.74 Å². The molecule has 2 atom stereocenters. The van der Waals surface area contributed by atoms with E-state index in [4.69, 9.17) is 32.7 Å². The lowest BCUT2D eigenvalue weighted by atomic mass is 9.96. The maximum atomic E-state index is 11.3. The third kappa shape index (κ3) is 4.64. The Kier molecular flexibility index (Phi) is 6.20. The van der Waals surface area contributed by atoms with Gasteiger partial charge in [-0.15, -0.1) is 0 Å². The average Bonchev–Trinajstić information content (AvgIpc) is 3.02. The Balaban J connectivity index is 1.56. The maximum Gasteiger partial charge on any atom is 0.439 e. The minimum Gasteiger partial charge on any atom is -0.492 e. The minimum absolute atomic E-state index is 0.0270. The first-order chi connectivity index (χ1) is 14.1. The van der Waals surface area contributed by atoms with Crippen LogP contribution >= 0.6 is 23.2 Å². The molecule has 7 nitrogen and oxygen atoms in total. The highest BCUT2D eigenvalue weighted by Gasteiger charge is 2.28. The topological polar surface area (TPSA) is 89.4 Å². The van der Waals surface area contributed by atoms with Gasteiger partial charge in [0.25, 0.3) is 0 Å². The van der Waals surface area contributed by atoms with Crippen LogP contribution in [0.5, 0.6) is 5.75 Å². The molecule has 29 heavy (non-hydrogen) atoms. The summed E-state index contributed by atoms with van der Waals surface area (Å²) in [7, 11) is 0. The Hall–Kier alpha value is -2.32. The number of hydrogen-bond donors (Lipinski definition) is 2. The lowest BCUT2D eigenvalue weighted by Gasteiger charge is -2.26. The van der Waals surface area contributed by atoms with Crippen LogP contribution in [0.1, 0.15) is 11.7 Å². The Morgan fingerprint density at radius 2 is 2.03 bits per heavy atom. The van der Waals surface area contributed by atoms with Crippen molar-refractivity contribution in [1.29, 1.82) is 0 Å². The Morgan fingerprint density at radius 1 is 1.17 bits per heavy atom. The van der Waals surface area contributed by atoms with E-state index in [9.17, 15) is 4.79 Å². The van der Waals surface area contributed by atoms with Crippen molar-refractivity contribution in [2.75, 3.05) is 26.3 Å². The maximum absolute atomic E-state index is 11.3. The number of nitrogens with zero attached hydrogens (tertiary/aromatic N) is 1. The molecule has 2 N–H and O–H groups in total. The van der Waals surface area contributed by atoms with Gasteiger partial charge in [0.05, 0.1) is 34.9 Å². The van der Waals surface area contributed by atoms with Gasteiger partial charge < -0.3 is 14.8 Å². The molecular weight excluding hydrogens is 417 g/mol. The van der Waals surface area contributed by atoms with Gasteiger partial charge in [0.2, 0.25) is 0 Å². The SMILES string of the molecule is O=c1[nH]c(-c2ccccc2OC[C@@H]2CNCCO[C@H]2c2ccc(Cl)c(Cl)c2)no1. The zero-order chi connectivity index (χ0) is 20.2. The highest BCUT2D eigenvalue weighted by Crippen LogP contribution is 2.33. The molecule has 0 aliphatic carbocycles. The lowest BCUT2D eigenvalue weighted by molar-refractivity contribution is 0.0154. The quantitative estimate of drug-likeness (QED) is 0.634. The smallest absolute Gasteiger partial charge is 0.439 e. The monoisotopic (exact) mass is 435 g/mol. The van der Waals surface area contributed by atoms with Gasteiger partial charge in [-0.1, -0.05) is 46.6 Å². The molecule has 9 heteroatoms. The van der Waals surface area contributed by atoms with Gasteiger partial charge in [-0.2, -0.15) is 0 Å². The van der Waals surface area contributed by atoms with Crippen molar-refractivity contribution >= 4 is 23.2 Å². The van der Waals surface area contributed by atoms with Gasteiger partial charge in [0.15, 0.2) is 5.82 Å². The number of benzene rings is 2. The van der Waals surface area contributed by atoms with E-state index >= 15 is 0 Å². The van der Waals surface area contributed by atoms with Crippen LogP contribution in [0, 0.1) is 5.92 Å². The molecule has 0 bridgehead atoms. The number of aromatic amines is 1. The first-order valence-corrected chi connectivity index (χ1v) is 9.93. The fourth-order valence-electron chi connectivity index (χ4n) is 3.32. The van der Waals surface area contributed by atoms with E-state index in [1.807, 2.05) is 30.3 Å². The molecule has 2 heterocycles. The number of ether oxygens (including phenoxy) is 2. The number of halogens is 2. The van der Waals surface area contributed by atoms with E-state index in [2.05, 4.69) is 20.0 Å². The van der Waals surface area contributed by atoms with Crippen molar-refractivity contribution < 1.29 is 14.0 Å². The van der Waals surface area contributed by atoms with Crippen molar-refractivity contribution in [3.8, 4) is 17.1 Å². The molecule has 0 unspecified atom stereocenters. The van der Waals surface area contributed by atoms with Crippen LogP contribution < -0.4 is 15.8 Å². The Labute approximate surface area is 176 Å². The molecular formula is C20H19Cl2N3O4. The van der Waals surface area contributed by atoms with Crippen LogP contribution in [0.2, 0.25) is 10.0 Å². The minimum atomic E-state index is -0.615. The highest BCUT2D eigenvalue weighted by molar-refractivity contribution is 6.42. The fourth-order valence-corrected chi connectivity index (χ4v) is 3.63. The molecule has 3 aromatic rings. The van der Waals surface area contributed by atoms with Gasteiger partial charge in [0.1, 0.15) is 5.75 Å². The van der Waals surface area contributed by atoms with E-state index in [1.165, 1.54) is 0 Å². The molecule has 0 radical (unpaired) electrons. The second kappa shape index (κ2) is 9.00. The van der Waals surface area contributed by atoms with Gasteiger partial charge in [-0.25, -0.2) is 4.79 Å². The fraction of sp³-hybridized carbons (Fsp3) is 0.300. The summed E-state index contributed by atoms with van der Waals surface area (Å²) in [5, 5.41) is 8.12. The first-order valence-electron chi connectivity index (χ1n) is 9.17. The Bertz CT molecular complexity index is 1040. The van der Waals surface area contributed by atoms with Crippen LogP contribution in [0.15, 0.2) is 51.8 Å². The van der Waals surface area contributed by atoms with Gasteiger partial charge in [-0.05, 0) is 29.8 Å². The second-order valence-electron chi connectivity index (χ2n) is 6.68. The van der Waals surface area contributed by atoms with E-state index in [0.29, 0.717) is 46.9 Å². The summed E-state index contributed by atoms with van der Waals surface area (Å²) in [4.78, 5) is 13.8.